The molecule has 0 saturated carbocycles. The van der Waals surface area contributed by atoms with E-state index in [4.69, 9.17) is 27.5 Å². The van der Waals surface area contributed by atoms with Crippen LogP contribution in [0.2, 0.25) is 5.02 Å². The number of halogens is 1. The topological polar surface area (TPSA) is 62.3 Å². The van der Waals surface area contributed by atoms with Gasteiger partial charge < -0.3 is 15.4 Å². The Morgan fingerprint density at radius 1 is 1.47 bits per heavy atom. The molecule has 0 radical (unpaired) electrons. The first kappa shape index (κ1) is 14.2. The Morgan fingerprint density at radius 3 is 2.79 bits per heavy atom. The van der Waals surface area contributed by atoms with Crippen LogP contribution in [0.3, 0.4) is 0 Å². The number of nitrogens with zero attached hydrogens (tertiary/aromatic N) is 1. The summed E-state index contributed by atoms with van der Waals surface area (Å²) in [6.07, 6.45) is 2.18. The molecule has 5 heteroatoms. The Labute approximate surface area is 119 Å². The molecule has 0 spiro atoms. The van der Waals surface area contributed by atoms with E-state index in [9.17, 15) is 0 Å². The molecule has 1 aromatic rings. The number of nitrogens with two attached hydrogens (primary N) is 1. The van der Waals surface area contributed by atoms with Gasteiger partial charge in [0.15, 0.2) is 0 Å². The fourth-order valence-electron chi connectivity index (χ4n) is 2.47. The van der Waals surface area contributed by atoms with E-state index >= 15 is 0 Å². The van der Waals surface area contributed by atoms with Crippen LogP contribution < -0.4 is 10.6 Å². The van der Waals surface area contributed by atoms with E-state index in [-0.39, 0.29) is 5.84 Å². The highest BCUT2D eigenvalue weighted by molar-refractivity contribution is 6.31. The third-order valence-electron chi connectivity index (χ3n) is 3.53. The lowest BCUT2D eigenvalue weighted by Crippen LogP contribution is -2.31. The molecule has 1 aliphatic heterocycles. The number of ether oxygens (including phenoxy) is 1. The SMILES string of the molecule is CN(CC1CCOCC1)c1ccc(Cl)cc1C(=N)N. The van der Waals surface area contributed by atoms with E-state index in [1.54, 1.807) is 6.07 Å². The van der Waals surface area contributed by atoms with E-state index in [1.807, 2.05) is 19.2 Å². The Hall–Kier alpha value is -1.26. The fraction of sp³-hybridized carbons (Fsp3) is 0.500. The van der Waals surface area contributed by atoms with Crippen molar-refractivity contribution in [2.45, 2.75) is 12.8 Å². The minimum Gasteiger partial charge on any atom is -0.384 e. The fourth-order valence-corrected chi connectivity index (χ4v) is 2.64. The zero-order valence-electron chi connectivity index (χ0n) is 11.2. The summed E-state index contributed by atoms with van der Waals surface area (Å²) in [4.78, 5) is 2.16. The molecule has 1 aliphatic rings. The van der Waals surface area contributed by atoms with Gasteiger partial charge in [0.25, 0.3) is 0 Å². The highest BCUT2D eigenvalue weighted by Crippen LogP contribution is 2.25. The van der Waals surface area contributed by atoms with Gasteiger partial charge in [-0.1, -0.05) is 11.6 Å². The summed E-state index contributed by atoms with van der Waals surface area (Å²) in [5, 5.41) is 8.26. The van der Waals surface area contributed by atoms with E-state index in [0.29, 0.717) is 16.5 Å². The lowest BCUT2D eigenvalue weighted by atomic mass is 9.99. The van der Waals surface area contributed by atoms with Crippen molar-refractivity contribution in [2.24, 2.45) is 11.7 Å². The van der Waals surface area contributed by atoms with Gasteiger partial charge in [-0.3, -0.25) is 5.41 Å². The van der Waals surface area contributed by atoms with Crippen LogP contribution in [0.25, 0.3) is 0 Å². The molecule has 19 heavy (non-hydrogen) atoms. The van der Waals surface area contributed by atoms with Gasteiger partial charge in [0.1, 0.15) is 5.84 Å². The smallest absolute Gasteiger partial charge is 0.124 e. The maximum atomic E-state index is 7.66. The monoisotopic (exact) mass is 281 g/mol. The first-order chi connectivity index (χ1) is 9.08. The van der Waals surface area contributed by atoms with Gasteiger partial charge in [-0.25, -0.2) is 0 Å². The number of benzene rings is 1. The molecule has 4 nitrogen and oxygen atoms in total. The maximum Gasteiger partial charge on any atom is 0.124 e. The van der Waals surface area contributed by atoms with E-state index in [1.165, 1.54) is 0 Å². The van der Waals surface area contributed by atoms with Crippen molar-refractivity contribution in [3.8, 4) is 0 Å². The summed E-state index contributed by atoms with van der Waals surface area (Å²) in [5.74, 6) is 0.686. The highest BCUT2D eigenvalue weighted by Gasteiger charge is 2.18. The van der Waals surface area contributed by atoms with Crippen LogP contribution in [0.4, 0.5) is 5.69 Å². The normalized spacial score (nSPS) is 16.3. The molecule has 0 atom stereocenters. The Morgan fingerprint density at radius 2 is 2.16 bits per heavy atom. The van der Waals surface area contributed by atoms with E-state index in [2.05, 4.69) is 4.90 Å². The average Bonchev–Trinajstić information content (AvgIpc) is 2.39. The molecule has 0 bridgehead atoms. The lowest BCUT2D eigenvalue weighted by molar-refractivity contribution is 0.0685. The molecule has 0 aromatic heterocycles. The maximum absolute atomic E-state index is 7.66. The van der Waals surface area contributed by atoms with Crippen molar-refractivity contribution in [1.29, 1.82) is 5.41 Å². The summed E-state index contributed by atoms with van der Waals surface area (Å²) in [5.41, 5.74) is 7.29. The van der Waals surface area contributed by atoms with Crippen LogP contribution in [-0.4, -0.2) is 32.6 Å². The van der Waals surface area contributed by atoms with Gasteiger partial charge in [0.05, 0.1) is 0 Å². The Balaban J connectivity index is 2.13. The third-order valence-corrected chi connectivity index (χ3v) is 3.77. The summed E-state index contributed by atoms with van der Waals surface area (Å²) in [6.45, 7) is 2.64. The number of nitrogen functional groups attached to an aromatic ring is 1. The molecule has 0 amide bonds. The number of hydrogen-bond donors (Lipinski definition) is 2. The van der Waals surface area contributed by atoms with Crippen LogP contribution in [0, 0.1) is 11.3 Å². The van der Waals surface area contributed by atoms with Crippen molar-refractivity contribution in [1.82, 2.24) is 0 Å². The molecule has 1 aromatic carbocycles. The quantitative estimate of drug-likeness (QED) is 0.658. The second kappa shape index (κ2) is 6.26. The van der Waals surface area contributed by atoms with Gasteiger partial charge in [0.2, 0.25) is 0 Å². The zero-order valence-corrected chi connectivity index (χ0v) is 11.9. The number of amidine groups is 1. The molecule has 1 saturated heterocycles. The van der Waals surface area contributed by atoms with Gasteiger partial charge >= 0.3 is 0 Å². The minimum atomic E-state index is 0.0522. The predicted octanol–water partition coefficient (Wildman–Crippen LogP) is 2.49. The van der Waals surface area contributed by atoms with Crippen molar-refractivity contribution in [3.63, 3.8) is 0 Å². The zero-order chi connectivity index (χ0) is 13.8. The second-order valence-electron chi connectivity index (χ2n) is 5.01. The third kappa shape index (κ3) is 3.61. The van der Waals surface area contributed by atoms with Crippen molar-refractivity contribution < 1.29 is 4.74 Å². The highest BCUT2D eigenvalue weighted by atomic mass is 35.5. The number of anilines is 1. The summed E-state index contributed by atoms with van der Waals surface area (Å²) in [6, 6.07) is 5.52. The molecular formula is C14H20ClN3O. The van der Waals surface area contributed by atoms with E-state index < -0.39 is 0 Å². The molecule has 1 heterocycles. The number of rotatable bonds is 4. The summed E-state index contributed by atoms with van der Waals surface area (Å²) < 4.78 is 5.37. The summed E-state index contributed by atoms with van der Waals surface area (Å²) >= 11 is 5.97. The average molecular weight is 282 g/mol. The minimum absolute atomic E-state index is 0.0522. The van der Waals surface area contributed by atoms with Gasteiger partial charge in [-0.2, -0.15) is 0 Å². The van der Waals surface area contributed by atoms with Gasteiger partial charge in [-0.05, 0) is 37.0 Å². The lowest BCUT2D eigenvalue weighted by Gasteiger charge is -2.29. The molecule has 1 fully saturated rings. The molecule has 104 valence electrons. The summed E-state index contributed by atoms with van der Waals surface area (Å²) in [7, 11) is 2.03. The Kier molecular flexibility index (Phi) is 4.66. The van der Waals surface area contributed by atoms with Crippen LogP contribution in [0.5, 0.6) is 0 Å². The van der Waals surface area contributed by atoms with E-state index in [0.717, 1.165) is 38.3 Å². The first-order valence-corrected chi connectivity index (χ1v) is 6.88. The second-order valence-corrected chi connectivity index (χ2v) is 5.45. The largest absolute Gasteiger partial charge is 0.384 e. The number of hydrogen-bond acceptors (Lipinski definition) is 3. The van der Waals surface area contributed by atoms with Gasteiger partial charge in [0, 0.05) is 43.1 Å². The molecular weight excluding hydrogens is 262 g/mol. The van der Waals surface area contributed by atoms with Gasteiger partial charge in [-0.15, -0.1) is 0 Å². The molecule has 3 N–H and O–H groups in total. The van der Waals surface area contributed by atoms with Crippen LogP contribution in [-0.2, 0) is 4.74 Å². The van der Waals surface area contributed by atoms with Crippen molar-refractivity contribution in [2.75, 3.05) is 31.7 Å². The predicted molar refractivity (Wildman–Crippen MR) is 79.3 cm³/mol. The Bertz CT molecular complexity index is 458. The standard InChI is InChI=1S/C14H20ClN3O/c1-18(9-10-4-6-19-7-5-10)13-3-2-11(15)8-12(13)14(16)17/h2-3,8,10H,4-7,9H2,1H3,(H3,16,17). The molecule has 0 aliphatic carbocycles. The van der Waals surface area contributed by atoms with Crippen LogP contribution in [0.1, 0.15) is 18.4 Å². The van der Waals surface area contributed by atoms with Crippen LogP contribution >= 0.6 is 11.6 Å². The van der Waals surface area contributed by atoms with Crippen molar-refractivity contribution in [3.05, 3.63) is 28.8 Å². The van der Waals surface area contributed by atoms with Crippen LogP contribution in [0.15, 0.2) is 18.2 Å². The van der Waals surface area contributed by atoms with Crippen molar-refractivity contribution >= 4 is 23.1 Å². The number of nitrogens with one attached hydrogen (secondary N) is 1. The molecule has 2 rings (SSSR count). The first-order valence-electron chi connectivity index (χ1n) is 6.50. The molecule has 0 unspecified atom stereocenters.